The summed E-state index contributed by atoms with van der Waals surface area (Å²) in [6.07, 6.45) is 1.82. The van der Waals surface area contributed by atoms with Crippen molar-refractivity contribution in [3.8, 4) is 5.75 Å². The Morgan fingerprint density at radius 1 is 1.18 bits per heavy atom. The third-order valence-corrected chi connectivity index (χ3v) is 10.4. The first kappa shape index (κ1) is 31.3. The maximum atomic E-state index is 13.4. The molecule has 39 heavy (non-hydrogen) atoms. The normalized spacial score (nSPS) is 17.2. The third kappa shape index (κ3) is 7.09. The molecule has 1 aliphatic carbocycles. The summed E-state index contributed by atoms with van der Waals surface area (Å²) in [7, 11) is -4.63. The second-order valence-electron chi connectivity index (χ2n) is 11.3. The van der Waals surface area contributed by atoms with Crippen molar-refractivity contribution in [1.82, 2.24) is 0 Å². The van der Waals surface area contributed by atoms with Gasteiger partial charge in [-0.2, -0.15) is 8.42 Å². The topological polar surface area (TPSA) is 144 Å². The van der Waals surface area contributed by atoms with Crippen LogP contribution < -0.4 is 10.5 Å². The molecule has 0 bridgehead atoms. The van der Waals surface area contributed by atoms with Crippen LogP contribution in [0.5, 0.6) is 5.75 Å². The number of amides is 1. The minimum Gasteiger partial charge on any atom is -0.485 e. The summed E-state index contributed by atoms with van der Waals surface area (Å²) in [6.45, 7) is 11.5. The standard InChI is InChI=1S/C29H41NO7S2/c1-7-19-14-18(13-16(3)25(19)37-26(24(32)28(30)33)17(4)39(34,35)36)9-10-22(31)27-20-11-12-29(5,6)15-21(20)23(8-2)38-27/h13-14,17,24,26,32H,7-12,15H2,1-6H3,(H2,30,33)(H,34,35,36). The fraction of sp³-hybridized carbons (Fsp3) is 0.586. The third-order valence-electron chi connectivity index (χ3n) is 7.70. The van der Waals surface area contributed by atoms with E-state index in [1.807, 2.05) is 19.1 Å². The fourth-order valence-corrected chi connectivity index (χ4v) is 7.14. The van der Waals surface area contributed by atoms with E-state index in [2.05, 4.69) is 20.8 Å². The molecule has 1 aliphatic rings. The number of ketones is 1. The van der Waals surface area contributed by atoms with Gasteiger partial charge >= 0.3 is 0 Å². The van der Waals surface area contributed by atoms with E-state index in [9.17, 15) is 27.7 Å². The Balaban J connectivity index is 1.84. The Bertz CT molecular complexity index is 1340. The van der Waals surface area contributed by atoms with Gasteiger partial charge in [0.1, 0.15) is 11.0 Å². The molecule has 0 fully saturated rings. The predicted molar refractivity (Wildman–Crippen MR) is 153 cm³/mol. The van der Waals surface area contributed by atoms with Gasteiger partial charge in [-0.1, -0.05) is 39.8 Å². The summed E-state index contributed by atoms with van der Waals surface area (Å²) in [5, 5.41) is 8.66. The fourth-order valence-electron chi connectivity index (χ4n) is 5.32. The molecule has 0 aliphatic heterocycles. The van der Waals surface area contributed by atoms with Gasteiger partial charge in [-0.15, -0.1) is 11.3 Å². The molecular weight excluding hydrogens is 538 g/mol. The number of primary amides is 1. The van der Waals surface area contributed by atoms with Crippen LogP contribution in [0.1, 0.15) is 89.8 Å². The number of benzene rings is 1. The number of aryl methyl sites for hydroxylation is 4. The minimum atomic E-state index is -4.63. The number of carbonyl (C=O) groups is 2. The average Bonchev–Trinajstić information content (AvgIpc) is 3.21. The number of ether oxygens (including phenoxy) is 1. The van der Waals surface area contributed by atoms with Crippen molar-refractivity contribution in [2.45, 2.75) is 104 Å². The first-order valence-electron chi connectivity index (χ1n) is 13.5. The molecule has 0 radical (unpaired) electrons. The monoisotopic (exact) mass is 579 g/mol. The van der Waals surface area contributed by atoms with Crippen molar-refractivity contribution in [2.24, 2.45) is 11.1 Å². The maximum absolute atomic E-state index is 13.4. The van der Waals surface area contributed by atoms with E-state index in [1.165, 1.54) is 16.0 Å². The lowest BCUT2D eigenvalue weighted by atomic mass is 9.74. The summed E-state index contributed by atoms with van der Waals surface area (Å²) >= 11 is 1.65. The van der Waals surface area contributed by atoms with E-state index in [1.54, 1.807) is 18.3 Å². The van der Waals surface area contributed by atoms with Crippen LogP contribution in [0.2, 0.25) is 0 Å². The van der Waals surface area contributed by atoms with Gasteiger partial charge in [0, 0.05) is 11.3 Å². The predicted octanol–water partition coefficient (Wildman–Crippen LogP) is 4.38. The summed E-state index contributed by atoms with van der Waals surface area (Å²) < 4.78 is 38.9. The highest BCUT2D eigenvalue weighted by Gasteiger charge is 2.39. The molecule has 3 unspecified atom stereocenters. The highest BCUT2D eigenvalue weighted by Crippen LogP contribution is 2.42. The minimum absolute atomic E-state index is 0.151. The molecule has 1 heterocycles. The highest BCUT2D eigenvalue weighted by atomic mass is 32.2. The molecule has 8 nitrogen and oxygen atoms in total. The van der Waals surface area contributed by atoms with Crippen molar-refractivity contribution in [2.75, 3.05) is 0 Å². The Hall–Kier alpha value is -2.27. The lowest BCUT2D eigenvalue weighted by molar-refractivity contribution is -0.130. The molecule has 1 aromatic carbocycles. The average molecular weight is 580 g/mol. The summed E-state index contributed by atoms with van der Waals surface area (Å²) in [5.41, 5.74) is 10.4. The lowest BCUT2D eigenvalue weighted by Crippen LogP contribution is -2.50. The van der Waals surface area contributed by atoms with Crippen LogP contribution in [0.3, 0.4) is 0 Å². The van der Waals surface area contributed by atoms with Gasteiger partial charge in [-0.05, 0) is 85.6 Å². The van der Waals surface area contributed by atoms with E-state index < -0.39 is 33.5 Å². The van der Waals surface area contributed by atoms with Gasteiger partial charge in [0.25, 0.3) is 10.1 Å². The summed E-state index contributed by atoms with van der Waals surface area (Å²) in [6, 6.07) is 3.75. The number of rotatable bonds is 12. The highest BCUT2D eigenvalue weighted by molar-refractivity contribution is 7.86. The molecule has 1 aromatic heterocycles. The summed E-state index contributed by atoms with van der Waals surface area (Å²) in [5.74, 6) is -0.693. The zero-order valence-electron chi connectivity index (χ0n) is 23.7. The van der Waals surface area contributed by atoms with Crippen LogP contribution in [0, 0.1) is 12.3 Å². The largest absolute Gasteiger partial charge is 0.485 e. The second-order valence-corrected chi connectivity index (χ2v) is 14.2. The van der Waals surface area contributed by atoms with Crippen LogP contribution in [0.25, 0.3) is 0 Å². The molecule has 0 saturated carbocycles. The molecule has 1 amide bonds. The number of hydrogen-bond donors (Lipinski definition) is 3. The molecule has 2 aromatic rings. The molecule has 3 rings (SSSR count). The van der Waals surface area contributed by atoms with E-state index >= 15 is 0 Å². The Labute approximate surface area is 235 Å². The first-order chi connectivity index (χ1) is 18.1. The van der Waals surface area contributed by atoms with Crippen molar-refractivity contribution >= 4 is 33.1 Å². The van der Waals surface area contributed by atoms with Crippen LogP contribution >= 0.6 is 11.3 Å². The number of Topliss-reactive ketones (excluding diaryl/α,β-unsaturated/α-hetero) is 1. The van der Waals surface area contributed by atoms with Crippen molar-refractivity contribution < 1.29 is 32.4 Å². The van der Waals surface area contributed by atoms with Crippen LogP contribution in [0.15, 0.2) is 12.1 Å². The molecular formula is C29H41NO7S2. The van der Waals surface area contributed by atoms with Crippen LogP contribution in [0.4, 0.5) is 0 Å². The number of aliphatic hydroxyl groups is 1. The number of nitrogens with two attached hydrogens (primary N) is 1. The lowest BCUT2D eigenvalue weighted by Gasteiger charge is -2.30. The Morgan fingerprint density at radius 3 is 2.41 bits per heavy atom. The van der Waals surface area contributed by atoms with E-state index in [4.69, 9.17) is 10.5 Å². The zero-order valence-corrected chi connectivity index (χ0v) is 25.3. The molecule has 10 heteroatoms. The van der Waals surface area contributed by atoms with Gasteiger partial charge in [0.15, 0.2) is 18.0 Å². The van der Waals surface area contributed by atoms with Gasteiger partial charge in [0.2, 0.25) is 5.91 Å². The smallest absolute Gasteiger partial charge is 0.271 e. The van der Waals surface area contributed by atoms with E-state index in [0.29, 0.717) is 30.6 Å². The number of thiophene rings is 1. The van der Waals surface area contributed by atoms with Gasteiger partial charge in [-0.25, -0.2) is 0 Å². The maximum Gasteiger partial charge on any atom is 0.271 e. The van der Waals surface area contributed by atoms with Gasteiger partial charge in [-0.3, -0.25) is 14.1 Å². The van der Waals surface area contributed by atoms with Crippen LogP contribution in [-0.4, -0.2) is 47.2 Å². The summed E-state index contributed by atoms with van der Waals surface area (Å²) in [4.78, 5) is 27.2. The quantitative estimate of drug-likeness (QED) is 0.250. The molecule has 4 N–H and O–H groups in total. The molecule has 3 atom stereocenters. The Morgan fingerprint density at radius 2 is 1.85 bits per heavy atom. The van der Waals surface area contributed by atoms with E-state index in [-0.39, 0.29) is 11.2 Å². The molecule has 0 saturated heterocycles. The molecule has 0 spiro atoms. The first-order valence-corrected chi connectivity index (χ1v) is 15.8. The zero-order chi connectivity index (χ0) is 29.3. The Kier molecular flexibility index (Phi) is 9.68. The van der Waals surface area contributed by atoms with Gasteiger partial charge in [0.05, 0.1) is 4.88 Å². The SMILES string of the molecule is CCc1cc(CCC(=O)c2sc(CC)c3c2CCC(C)(C)C3)cc(C)c1OC(C(O)C(N)=O)C(C)S(=O)(=O)O. The van der Waals surface area contributed by atoms with E-state index in [0.717, 1.165) is 48.6 Å². The van der Waals surface area contributed by atoms with Crippen LogP contribution in [-0.2, 0) is 47.0 Å². The van der Waals surface area contributed by atoms with Crippen molar-refractivity contribution in [1.29, 1.82) is 0 Å². The number of fused-ring (bicyclic) bond motifs is 1. The van der Waals surface area contributed by atoms with Crippen molar-refractivity contribution in [3.05, 3.63) is 49.7 Å². The number of carbonyl (C=O) groups excluding carboxylic acids is 2. The van der Waals surface area contributed by atoms with Crippen molar-refractivity contribution in [3.63, 3.8) is 0 Å². The number of hydrogen-bond acceptors (Lipinski definition) is 7. The van der Waals surface area contributed by atoms with Gasteiger partial charge < -0.3 is 15.6 Å². The number of aliphatic hydroxyl groups excluding tert-OH is 1. The molecule has 216 valence electrons. The second kappa shape index (κ2) is 12.1.